The van der Waals surface area contributed by atoms with Crippen molar-refractivity contribution in [3.05, 3.63) is 71.8 Å². The van der Waals surface area contributed by atoms with Gasteiger partial charge in [-0.1, -0.05) is 13.0 Å². The molecular formula is C32H38N4O7. The van der Waals surface area contributed by atoms with Crippen LogP contribution in [0.3, 0.4) is 0 Å². The Bertz CT molecular complexity index is 1450. The number of benzene rings is 3. The van der Waals surface area contributed by atoms with Crippen LogP contribution in [0.25, 0.3) is 0 Å². The van der Waals surface area contributed by atoms with E-state index in [2.05, 4.69) is 15.5 Å². The average molecular weight is 591 g/mol. The second-order valence-corrected chi connectivity index (χ2v) is 11.0. The van der Waals surface area contributed by atoms with Crippen LogP contribution in [-0.2, 0) is 6.54 Å². The number of carbonyl (C=O) groups is 2. The number of likely N-dealkylation sites (N-methyl/N-ethyl adjacent to an activating group) is 1. The van der Waals surface area contributed by atoms with Gasteiger partial charge in [0.15, 0.2) is 11.5 Å². The number of hydrogen-bond acceptors (Lipinski definition) is 8. The van der Waals surface area contributed by atoms with Crippen LogP contribution in [0, 0.1) is 5.92 Å². The second-order valence-electron chi connectivity index (χ2n) is 11.0. The first-order valence-corrected chi connectivity index (χ1v) is 14.3. The molecule has 3 aromatic carbocycles. The van der Waals surface area contributed by atoms with Gasteiger partial charge in [-0.25, -0.2) is 4.79 Å². The first kappa shape index (κ1) is 30.0. The van der Waals surface area contributed by atoms with Crippen molar-refractivity contribution < 1.29 is 33.6 Å². The topological polar surface area (TPSA) is 122 Å². The number of fused-ring (bicyclic) bond motifs is 2. The molecule has 0 unspecified atom stereocenters. The quantitative estimate of drug-likeness (QED) is 0.335. The SMILES string of the molecule is COc1ccc(NC(=O)Nc2ccc3c(c2)C(=O)N([C@@H](C)CO)C[C@@H](C)[C@H](CN(C)Cc2ccc4c(c2)OCO4)O3)cc1. The standard InChI is InChI=1S/C32H38N4O7/c1-20-15-36(21(2)18-37)31(38)26-14-24(34-32(39)33-23-6-9-25(40-4)10-7-23)8-12-27(26)43-30(20)17-35(3)16-22-5-11-28-29(13-22)42-19-41-28/h5-14,20-21,30,37H,15-19H2,1-4H3,(H2,33,34,39)/t20-,21+,30+/m1/s1. The summed E-state index contributed by atoms with van der Waals surface area (Å²) in [6, 6.07) is 17.1. The van der Waals surface area contributed by atoms with E-state index in [4.69, 9.17) is 18.9 Å². The van der Waals surface area contributed by atoms with Gasteiger partial charge in [0.2, 0.25) is 6.79 Å². The summed E-state index contributed by atoms with van der Waals surface area (Å²) in [6.07, 6.45) is -0.253. The third kappa shape index (κ3) is 7.12. The number of ether oxygens (including phenoxy) is 4. The smallest absolute Gasteiger partial charge is 0.323 e. The first-order valence-electron chi connectivity index (χ1n) is 14.3. The van der Waals surface area contributed by atoms with Crippen molar-refractivity contribution in [1.82, 2.24) is 9.80 Å². The molecule has 2 heterocycles. The zero-order valence-electron chi connectivity index (χ0n) is 24.8. The number of hydrogen-bond donors (Lipinski definition) is 3. The summed E-state index contributed by atoms with van der Waals surface area (Å²) in [5.41, 5.74) is 2.43. The Morgan fingerprint density at radius 1 is 1.05 bits per heavy atom. The van der Waals surface area contributed by atoms with Crippen molar-refractivity contribution in [2.75, 3.05) is 51.3 Å². The Hall–Kier alpha value is -4.48. The molecule has 0 saturated heterocycles. The molecule has 3 amide bonds. The molecule has 0 radical (unpaired) electrons. The summed E-state index contributed by atoms with van der Waals surface area (Å²) in [6.45, 7) is 5.58. The Kier molecular flexibility index (Phi) is 9.22. The summed E-state index contributed by atoms with van der Waals surface area (Å²) in [5, 5.41) is 15.5. The van der Waals surface area contributed by atoms with Gasteiger partial charge in [-0.2, -0.15) is 0 Å². The summed E-state index contributed by atoms with van der Waals surface area (Å²) < 4.78 is 22.6. The number of aliphatic hydroxyl groups excluding tert-OH is 1. The van der Waals surface area contributed by atoms with Crippen molar-refractivity contribution in [3.8, 4) is 23.0 Å². The predicted molar refractivity (Wildman–Crippen MR) is 162 cm³/mol. The lowest BCUT2D eigenvalue weighted by molar-refractivity contribution is 0.0341. The van der Waals surface area contributed by atoms with Gasteiger partial charge in [-0.05, 0) is 74.1 Å². The Morgan fingerprint density at radius 2 is 1.74 bits per heavy atom. The molecule has 0 spiro atoms. The fourth-order valence-corrected chi connectivity index (χ4v) is 5.21. The molecule has 0 aromatic heterocycles. The maximum absolute atomic E-state index is 13.8. The number of urea groups is 1. The van der Waals surface area contributed by atoms with Crippen LogP contribution < -0.4 is 29.6 Å². The van der Waals surface area contributed by atoms with Gasteiger partial charge in [0.1, 0.15) is 17.6 Å². The fourth-order valence-electron chi connectivity index (χ4n) is 5.21. The van der Waals surface area contributed by atoms with E-state index in [-0.39, 0.29) is 31.3 Å². The van der Waals surface area contributed by atoms with Crippen molar-refractivity contribution in [2.45, 2.75) is 32.5 Å². The van der Waals surface area contributed by atoms with E-state index in [1.807, 2.05) is 39.1 Å². The van der Waals surface area contributed by atoms with Crippen molar-refractivity contribution in [3.63, 3.8) is 0 Å². The van der Waals surface area contributed by atoms with Crippen LogP contribution in [0.5, 0.6) is 23.0 Å². The lowest BCUT2D eigenvalue weighted by atomic mass is 9.99. The molecule has 11 heteroatoms. The van der Waals surface area contributed by atoms with Crippen molar-refractivity contribution in [2.24, 2.45) is 5.92 Å². The lowest BCUT2D eigenvalue weighted by Crippen LogP contribution is -2.49. The number of nitrogens with zero attached hydrogens (tertiary/aromatic N) is 2. The highest BCUT2D eigenvalue weighted by molar-refractivity contribution is 6.02. The largest absolute Gasteiger partial charge is 0.497 e. The zero-order chi connectivity index (χ0) is 30.5. The van der Waals surface area contributed by atoms with Crippen LogP contribution in [0.15, 0.2) is 60.7 Å². The van der Waals surface area contributed by atoms with E-state index in [0.717, 1.165) is 17.1 Å². The molecule has 2 aliphatic rings. The van der Waals surface area contributed by atoms with E-state index >= 15 is 0 Å². The number of nitrogens with one attached hydrogen (secondary N) is 2. The van der Waals surface area contributed by atoms with Crippen LogP contribution in [0.2, 0.25) is 0 Å². The van der Waals surface area contributed by atoms with E-state index < -0.39 is 12.1 Å². The normalized spacial score (nSPS) is 18.3. The minimum absolute atomic E-state index is 0.0293. The third-order valence-corrected chi connectivity index (χ3v) is 7.65. The van der Waals surface area contributed by atoms with E-state index in [1.165, 1.54) is 0 Å². The number of methoxy groups -OCH3 is 1. The van der Waals surface area contributed by atoms with E-state index in [0.29, 0.717) is 48.1 Å². The van der Waals surface area contributed by atoms with Gasteiger partial charge in [-0.3, -0.25) is 9.69 Å². The minimum Gasteiger partial charge on any atom is -0.497 e. The van der Waals surface area contributed by atoms with Crippen LogP contribution in [0.1, 0.15) is 29.8 Å². The lowest BCUT2D eigenvalue weighted by Gasteiger charge is -2.38. The van der Waals surface area contributed by atoms with Crippen molar-refractivity contribution in [1.29, 1.82) is 0 Å². The summed E-state index contributed by atoms with van der Waals surface area (Å²) in [4.78, 5) is 30.3. The number of carbonyl (C=O) groups excluding carboxylic acids is 2. The van der Waals surface area contributed by atoms with Crippen molar-refractivity contribution >= 4 is 23.3 Å². The number of aliphatic hydroxyl groups is 1. The maximum Gasteiger partial charge on any atom is 0.323 e. The highest BCUT2D eigenvalue weighted by atomic mass is 16.7. The molecule has 2 aliphatic heterocycles. The van der Waals surface area contributed by atoms with Gasteiger partial charge >= 0.3 is 6.03 Å². The molecule has 3 aromatic rings. The molecule has 43 heavy (non-hydrogen) atoms. The van der Waals surface area contributed by atoms with Crippen LogP contribution in [0.4, 0.5) is 16.2 Å². The molecule has 11 nitrogen and oxygen atoms in total. The predicted octanol–water partition coefficient (Wildman–Crippen LogP) is 4.42. The molecular weight excluding hydrogens is 552 g/mol. The fraction of sp³-hybridized carbons (Fsp3) is 0.375. The molecule has 0 fully saturated rings. The van der Waals surface area contributed by atoms with Gasteiger partial charge in [0.25, 0.3) is 5.91 Å². The Labute approximate surface area is 251 Å². The van der Waals surface area contributed by atoms with Crippen LogP contribution in [-0.4, -0.2) is 79.6 Å². The number of rotatable bonds is 9. The summed E-state index contributed by atoms with van der Waals surface area (Å²) in [5.74, 6) is 2.29. The molecule has 0 bridgehead atoms. The third-order valence-electron chi connectivity index (χ3n) is 7.65. The summed E-state index contributed by atoms with van der Waals surface area (Å²) >= 11 is 0. The van der Waals surface area contributed by atoms with Gasteiger partial charge < -0.3 is 39.6 Å². The average Bonchev–Trinajstić information content (AvgIpc) is 3.47. The molecule has 0 saturated carbocycles. The maximum atomic E-state index is 13.8. The molecule has 5 rings (SSSR count). The molecule has 3 N–H and O–H groups in total. The van der Waals surface area contributed by atoms with Gasteiger partial charge in [0.05, 0.1) is 25.3 Å². The highest BCUT2D eigenvalue weighted by Crippen LogP contribution is 2.34. The van der Waals surface area contributed by atoms with Gasteiger partial charge in [0, 0.05) is 36.9 Å². The number of anilines is 2. The highest BCUT2D eigenvalue weighted by Gasteiger charge is 2.33. The van der Waals surface area contributed by atoms with Crippen LogP contribution >= 0.6 is 0 Å². The Balaban J connectivity index is 1.33. The Morgan fingerprint density at radius 3 is 2.49 bits per heavy atom. The molecule has 0 aliphatic carbocycles. The first-order chi connectivity index (χ1) is 20.7. The minimum atomic E-state index is -0.457. The van der Waals surface area contributed by atoms with Gasteiger partial charge in [-0.15, -0.1) is 0 Å². The molecule has 3 atom stereocenters. The summed E-state index contributed by atoms with van der Waals surface area (Å²) in [7, 11) is 3.60. The van der Waals surface area contributed by atoms with E-state index in [9.17, 15) is 14.7 Å². The second kappa shape index (κ2) is 13.2. The molecule has 228 valence electrons. The van der Waals surface area contributed by atoms with E-state index in [1.54, 1.807) is 54.5 Å². The monoisotopic (exact) mass is 590 g/mol. The zero-order valence-corrected chi connectivity index (χ0v) is 24.8. The number of amides is 3.